The minimum absolute atomic E-state index is 0.0558. The van der Waals surface area contributed by atoms with E-state index in [0.29, 0.717) is 5.92 Å². The molecule has 0 saturated carbocycles. The molecule has 1 fully saturated rings. The molecule has 1 saturated heterocycles. The van der Waals surface area contributed by atoms with Crippen molar-refractivity contribution in [2.75, 3.05) is 13.1 Å². The van der Waals surface area contributed by atoms with Gasteiger partial charge >= 0.3 is 0 Å². The van der Waals surface area contributed by atoms with Gasteiger partial charge in [-0.3, -0.25) is 9.69 Å². The Morgan fingerprint density at radius 2 is 1.91 bits per heavy atom. The first-order valence-corrected chi connectivity index (χ1v) is 8.17. The molecule has 3 rings (SSSR count). The van der Waals surface area contributed by atoms with Crippen LogP contribution in [0.15, 0.2) is 41.3 Å². The van der Waals surface area contributed by atoms with Gasteiger partial charge in [-0.25, -0.2) is 4.39 Å². The highest BCUT2D eigenvalue weighted by Gasteiger charge is 2.21. The van der Waals surface area contributed by atoms with Gasteiger partial charge < -0.3 is 4.57 Å². The Labute approximate surface area is 136 Å². The number of aryl methyl sites for hydroxylation is 2. The Kier molecular flexibility index (Phi) is 4.62. The van der Waals surface area contributed by atoms with E-state index in [9.17, 15) is 9.18 Å². The molecule has 1 aliphatic rings. The van der Waals surface area contributed by atoms with Crippen LogP contribution in [0.4, 0.5) is 4.39 Å². The normalized spacial score (nSPS) is 16.7. The Morgan fingerprint density at radius 3 is 2.61 bits per heavy atom. The number of pyridine rings is 1. The predicted molar refractivity (Wildman–Crippen MR) is 90.1 cm³/mol. The molecule has 2 aromatic rings. The van der Waals surface area contributed by atoms with Crippen LogP contribution in [0.25, 0.3) is 0 Å². The molecule has 1 aromatic heterocycles. The van der Waals surface area contributed by atoms with E-state index in [-0.39, 0.29) is 11.4 Å². The topological polar surface area (TPSA) is 25.2 Å². The summed E-state index contributed by atoms with van der Waals surface area (Å²) in [7, 11) is 1.77. The zero-order valence-electron chi connectivity index (χ0n) is 13.8. The van der Waals surface area contributed by atoms with Crippen LogP contribution < -0.4 is 5.56 Å². The fraction of sp³-hybridized carbons (Fsp3) is 0.421. The number of rotatable bonds is 3. The number of halogens is 1. The molecule has 1 aliphatic heterocycles. The standard InChI is InChI=1S/C19H23FN2O/c1-14-3-4-18(20)11-17(14)13-22-9-6-15(7-10-22)16-5-8-21(2)19(23)12-16/h3-5,8,11-12,15H,6-7,9-10,13H2,1-2H3. The maximum absolute atomic E-state index is 13.4. The Hall–Kier alpha value is -1.94. The lowest BCUT2D eigenvalue weighted by molar-refractivity contribution is 0.204. The third-order valence-corrected chi connectivity index (χ3v) is 4.89. The fourth-order valence-electron chi connectivity index (χ4n) is 3.29. The molecule has 4 heteroatoms. The lowest BCUT2D eigenvalue weighted by Gasteiger charge is -2.32. The highest BCUT2D eigenvalue weighted by molar-refractivity contribution is 5.26. The summed E-state index contributed by atoms with van der Waals surface area (Å²) in [6.45, 7) is 4.79. The van der Waals surface area contributed by atoms with Crippen LogP contribution in [0.2, 0.25) is 0 Å². The van der Waals surface area contributed by atoms with Crippen molar-refractivity contribution in [3.63, 3.8) is 0 Å². The second kappa shape index (κ2) is 6.67. The van der Waals surface area contributed by atoms with Gasteiger partial charge in [0.05, 0.1) is 0 Å². The van der Waals surface area contributed by atoms with Crippen molar-refractivity contribution in [3.05, 3.63) is 69.4 Å². The van der Waals surface area contributed by atoms with Gasteiger partial charge in [0.2, 0.25) is 0 Å². The van der Waals surface area contributed by atoms with Crippen LogP contribution in [-0.4, -0.2) is 22.6 Å². The third kappa shape index (κ3) is 3.70. The molecule has 0 amide bonds. The van der Waals surface area contributed by atoms with Gasteiger partial charge in [-0.1, -0.05) is 6.07 Å². The van der Waals surface area contributed by atoms with Crippen molar-refractivity contribution in [2.24, 2.45) is 7.05 Å². The van der Waals surface area contributed by atoms with Crippen LogP contribution in [0, 0.1) is 12.7 Å². The number of piperidine rings is 1. The first-order chi connectivity index (χ1) is 11.0. The van der Waals surface area contributed by atoms with E-state index in [0.717, 1.165) is 49.2 Å². The van der Waals surface area contributed by atoms with Crippen molar-refractivity contribution in [2.45, 2.75) is 32.2 Å². The number of hydrogen-bond donors (Lipinski definition) is 0. The molecule has 3 nitrogen and oxygen atoms in total. The lowest BCUT2D eigenvalue weighted by Crippen LogP contribution is -2.33. The van der Waals surface area contributed by atoms with Crippen LogP contribution >= 0.6 is 0 Å². The van der Waals surface area contributed by atoms with Crippen molar-refractivity contribution >= 4 is 0 Å². The zero-order chi connectivity index (χ0) is 16.4. The summed E-state index contributed by atoms with van der Waals surface area (Å²) in [6, 6.07) is 8.82. The summed E-state index contributed by atoms with van der Waals surface area (Å²) in [5.74, 6) is 0.286. The van der Waals surface area contributed by atoms with Gasteiger partial charge in [-0.15, -0.1) is 0 Å². The van der Waals surface area contributed by atoms with Crippen LogP contribution in [0.3, 0.4) is 0 Å². The van der Waals surface area contributed by atoms with Crippen molar-refractivity contribution in [1.29, 1.82) is 0 Å². The van der Waals surface area contributed by atoms with Gasteiger partial charge in [0.25, 0.3) is 5.56 Å². The number of aromatic nitrogens is 1. The maximum Gasteiger partial charge on any atom is 0.250 e. The summed E-state index contributed by atoms with van der Waals surface area (Å²) >= 11 is 0. The van der Waals surface area contributed by atoms with Gasteiger partial charge in [-0.2, -0.15) is 0 Å². The molecule has 0 spiro atoms. The van der Waals surface area contributed by atoms with Gasteiger partial charge in [-0.05, 0) is 73.7 Å². The summed E-state index contributed by atoms with van der Waals surface area (Å²) in [5, 5.41) is 0. The molecule has 23 heavy (non-hydrogen) atoms. The molecule has 0 aliphatic carbocycles. The fourth-order valence-corrected chi connectivity index (χ4v) is 3.29. The minimum atomic E-state index is -0.166. The average Bonchev–Trinajstić information content (AvgIpc) is 2.54. The monoisotopic (exact) mass is 314 g/mol. The van der Waals surface area contributed by atoms with Gasteiger partial charge in [0, 0.05) is 25.9 Å². The summed E-state index contributed by atoms with van der Waals surface area (Å²) in [4.78, 5) is 14.1. The first kappa shape index (κ1) is 15.9. The number of nitrogens with zero attached hydrogens (tertiary/aromatic N) is 2. The van der Waals surface area contributed by atoms with Crippen LogP contribution in [0.5, 0.6) is 0 Å². The largest absolute Gasteiger partial charge is 0.319 e. The Balaban J connectivity index is 1.63. The van der Waals surface area contributed by atoms with E-state index in [1.165, 1.54) is 6.07 Å². The van der Waals surface area contributed by atoms with Crippen molar-refractivity contribution < 1.29 is 4.39 Å². The molecule has 0 unspecified atom stereocenters. The smallest absolute Gasteiger partial charge is 0.250 e. The minimum Gasteiger partial charge on any atom is -0.319 e. The summed E-state index contributed by atoms with van der Waals surface area (Å²) in [6.07, 6.45) is 3.93. The maximum atomic E-state index is 13.4. The average molecular weight is 314 g/mol. The third-order valence-electron chi connectivity index (χ3n) is 4.89. The zero-order valence-corrected chi connectivity index (χ0v) is 13.8. The van der Waals surface area contributed by atoms with Crippen molar-refractivity contribution in [3.8, 4) is 0 Å². The van der Waals surface area contributed by atoms with E-state index in [4.69, 9.17) is 0 Å². The molecule has 2 heterocycles. The second-order valence-corrected chi connectivity index (χ2v) is 6.53. The van der Waals surface area contributed by atoms with E-state index < -0.39 is 0 Å². The second-order valence-electron chi connectivity index (χ2n) is 6.53. The first-order valence-electron chi connectivity index (χ1n) is 8.17. The van der Waals surface area contributed by atoms with Crippen molar-refractivity contribution in [1.82, 2.24) is 9.47 Å². The summed E-state index contributed by atoms with van der Waals surface area (Å²) in [5.41, 5.74) is 3.41. The Bertz CT molecular complexity index is 745. The van der Waals surface area contributed by atoms with Crippen LogP contribution in [0.1, 0.15) is 35.4 Å². The SMILES string of the molecule is Cc1ccc(F)cc1CN1CCC(c2ccn(C)c(=O)c2)CC1. The molecular formula is C19H23FN2O. The van der Waals surface area contributed by atoms with Gasteiger partial charge in [0.15, 0.2) is 0 Å². The highest BCUT2D eigenvalue weighted by atomic mass is 19.1. The number of benzene rings is 1. The molecule has 0 radical (unpaired) electrons. The molecule has 0 atom stereocenters. The van der Waals surface area contributed by atoms with E-state index >= 15 is 0 Å². The van der Waals surface area contributed by atoms with Crippen LogP contribution in [-0.2, 0) is 13.6 Å². The molecule has 0 bridgehead atoms. The quantitative estimate of drug-likeness (QED) is 0.869. The predicted octanol–water partition coefficient (Wildman–Crippen LogP) is 3.21. The summed E-state index contributed by atoms with van der Waals surface area (Å²) < 4.78 is 15.0. The molecular weight excluding hydrogens is 291 g/mol. The molecule has 1 aromatic carbocycles. The highest BCUT2D eigenvalue weighted by Crippen LogP contribution is 2.28. The van der Waals surface area contributed by atoms with E-state index in [1.54, 1.807) is 23.7 Å². The molecule has 122 valence electrons. The number of likely N-dealkylation sites (tertiary alicyclic amines) is 1. The van der Waals surface area contributed by atoms with E-state index in [1.807, 2.05) is 19.2 Å². The lowest BCUT2D eigenvalue weighted by atomic mass is 9.90. The van der Waals surface area contributed by atoms with E-state index in [2.05, 4.69) is 11.0 Å². The van der Waals surface area contributed by atoms with Gasteiger partial charge in [0.1, 0.15) is 5.82 Å². The number of hydrogen-bond acceptors (Lipinski definition) is 2. The molecule has 0 N–H and O–H groups in total. The Morgan fingerprint density at radius 1 is 1.17 bits per heavy atom.